The first-order valence-corrected chi connectivity index (χ1v) is 5.65. The van der Waals surface area contributed by atoms with Gasteiger partial charge in [-0.25, -0.2) is 0 Å². The Morgan fingerprint density at radius 3 is 2.69 bits per heavy atom. The van der Waals surface area contributed by atoms with Crippen LogP contribution in [-0.4, -0.2) is 18.2 Å². The summed E-state index contributed by atoms with van der Waals surface area (Å²) in [6.07, 6.45) is 0.316. The van der Waals surface area contributed by atoms with E-state index >= 15 is 0 Å². The molecule has 0 aliphatic rings. The molecule has 0 aromatic heterocycles. The highest BCUT2D eigenvalue weighted by atomic mass is 35.5. The van der Waals surface area contributed by atoms with Crippen LogP contribution in [0.5, 0.6) is 0 Å². The van der Waals surface area contributed by atoms with Gasteiger partial charge in [0.1, 0.15) is 0 Å². The highest BCUT2D eigenvalue weighted by Crippen LogP contribution is 2.15. The van der Waals surface area contributed by atoms with E-state index in [0.29, 0.717) is 11.6 Å². The molecule has 0 aliphatic heterocycles. The lowest BCUT2D eigenvalue weighted by Crippen LogP contribution is -2.22. The zero-order chi connectivity index (χ0) is 11.8. The molecule has 0 aliphatic carbocycles. The predicted octanol–water partition coefficient (Wildman–Crippen LogP) is 2.38. The maximum atomic E-state index is 9.83. The van der Waals surface area contributed by atoms with Gasteiger partial charge < -0.3 is 10.4 Å². The van der Waals surface area contributed by atoms with Crippen LogP contribution in [0.2, 0.25) is 5.02 Å². The summed E-state index contributed by atoms with van der Waals surface area (Å²) in [6, 6.07) is 7.23. The fourth-order valence-corrected chi connectivity index (χ4v) is 1.44. The van der Waals surface area contributed by atoms with E-state index in [0.717, 1.165) is 18.5 Å². The second-order valence-electron chi connectivity index (χ2n) is 3.45. The Labute approximate surface area is 102 Å². The molecule has 86 valence electrons. The molecule has 16 heavy (non-hydrogen) atoms. The molecular formula is C13H16ClNO. The monoisotopic (exact) mass is 237 g/mol. The normalized spacial score (nSPS) is 11.7. The number of benzene rings is 1. The quantitative estimate of drug-likeness (QED) is 0.609. The van der Waals surface area contributed by atoms with Crippen molar-refractivity contribution in [2.75, 3.05) is 13.1 Å². The molecule has 0 bridgehead atoms. The fraction of sp³-hybridized carbons (Fsp3) is 0.385. The van der Waals surface area contributed by atoms with Crippen LogP contribution >= 0.6 is 11.6 Å². The van der Waals surface area contributed by atoms with Gasteiger partial charge in [0.2, 0.25) is 0 Å². The van der Waals surface area contributed by atoms with Crippen molar-refractivity contribution in [1.29, 1.82) is 0 Å². The van der Waals surface area contributed by atoms with Gasteiger partial charge in [0.15, 0.2) is 0 Å². The summed E-state index contributed by atoms with van der Waals surface area (Å²) in [5.74, 6) is 5.78. The fourth-order valence-electron chi connectivity index (χ4n) is 1.32. The van der Waals surface area contributed by atoms with Gasteiger partial charge in [-0.3, -0.25) is 0 Å². The van der Waals surface area contributed by atoms with Crippen molar-refractivity contribution in [3.63, 3.8) is 0 Å². The van der Waals surface area contributed by atoms with Gasteiger partial charge in [-0.1, -0.05) is 23.7 Å². The Morgan fingerprint density at radius 2 is 2.06 bits per heavy atom. The predicted molar refractivity (Wildman–Crippen MR) is 67.3 cm³/mol. The minimum Gasteiger partial charge on any atom is -0.387 e. The van der Waals surface area contributed by atoms with Gasteiger partial charge in [-0.05, 0) is 24.6 Å². The minimum absolute atomic E-state index is 0.494. The molecule has 0 radical (unpaired) electrons. The molecular weight excluding hydrogens is 222 g/mol. The summed E-state index contributed by atoms with van der Waals surface area (Å²) < 4.78 is 0. The van der Waals surface area contributed by atoms with E-state index in [9.17, 15) is 5.11 Å². The number of rotatable bonds is 5. The Hall–Kier alpha value is -1.01. The smallest absolute Gasteiger partial charge is 0.0914 e. The zero-order valence-electron chi connectivity index (χ0n) is 9.33. The standard InChI is InChI=1S/C13H16ClNO/c1-2-3-4-9-15-10-13(16)11-5-7-12(14)8-6-11/h5-8,13,15-16H,4,9-10H2,1H3. The maximum absolute atomic E-state index is 9.83. The lowest BCUT2D eigenvalue weighted by Gasteiger charge is -2.11. The van der Waals surface area contributed by atoms with Gasteiger partial charge in [-0.2, -0.15) is 0 Å². The van der Waals surface area contributed by atoms with Crippen molar-refractivity contribution in [2.45, 2.75) is 19.4 Å². The third-order valence-corrected chi connectivity index (χ3v) is 2.45. The van der Waals surface area contributed by atoms with E-state index in [2.05, 4.69) is 17.2 Å². The molecule has 0 heterocycles. The number of halogens is 1. The molecule has 1 aromatic rings. The average molecular weight is 238 g/mol. The van der Waals surface area contributed by atoms with Crippen molar-refractivity contribution in [1.82, 2.24) is 5.32 Å². The minimum atomic E-state index is -0.494. The molecule has 0 saturated heterocycles. The van der Waals surface area contributed by atoms with E-state index in [1.807, 2.05) is 19.1 Å². The molecule has 0 fully saturated rings. The summed E-state index contributed by atoms with van der Waals surface area (Å²) in [7, 11) is 0. The lowest BCUT2D eigenvalue weighted by molar-refractivity contribution is 0.175. The highest BCUT2D eigenvalue weighted by molar-refractivity contribution is 6.30. The summed E-state index contributed by atoms with van der Waals surface area (Å²) in [5.41, 5.74) is 0.874. The second kappa shape index (κ2) is 7.29. The highest BCUT2D eigenvalue weighted by Gasteiger charge is 2.05. The summed E-state index contributed by atoms with van der Waals surface area (Å²) in [6.45, 7) is 3.15. The van der Waals surface area contributed by atoms with Crippen LogP contribution < -0.4 is 5.32 Å². The first-order valence-electron chi connectivity index (χ1n) is 5.28. The van der Waals surface area contributed by atoms with Gasteiger partial charge in [-0.15, -0.1) is 11.8 Å². The number of aliphatic hydroxyl groups excluding tert-OH is 1. The van der Waals surface area contributed by atoms with E-state index in [4.69, 9.17) is 11.6 Å². The third kappa shape index (κ3) is 4.67. The molecule has 1 rings (SSSR count). The lowest BCUT2D eigenvalue weighted by atomic mass is 10.1. The topological polar surface area (TPSA) is 32.3 Å². The molecule has 3 heteroatoms. The summed E-state index contributed by atoms with van der Waals surface area (Å²) >= 11 is 5.77. The van der Waals surface area contributed by atoms with Crippen LogP contribution in [0.1, 0.15) is 25.0 Å². The number of nitrogens with one attached hydrogen (secondary N) is 1. The second-order valence-corrected chi connectivity index (χ2v) is 3.88. The van der Waals surface area contributed by atoms with Gasteiger partial charge in [0.25, 0.3) is 0 Å². The number of hydrogen-bond acceptors (Lipinski definition) is 2. The Bertz CT molecular complexity index is 364. The van der Waals surface area contributed by atoms with Gasteiger partial charge in [0.05, 0.1) is 6.10 Å². The first-order chi connectivity index (χ1) is 7.74. The number of aliphatic hydroxyl groups is 1. The first kappa shape index (κ1) is 13.1. The van der Waals surface area contributed by atoms with Crippen molar-refractivity contribution < 1.29 is 5.11 Å². The van der Waals surface area contributed by atoms with E-state index in [-0.39, 0.29) is 0 Å². The Balaban J connectivity index is 2.31. The molecule has 2 nitrogen and oxygen atoms in total. The van der Waals surface area contributed by atoms with Crippen molar-refractivity contribution in [3.8, 4) is 11.8 Å². The van der Waals surface area contributed by atoms with Crippen LogP contribution in [0.4, 0.5) is 0 Å². The molecule has 0 spiro atoms. The van der Waals surface area contributed by atoms with Crippen molar-refractivity contribution in [3.05, 3.63) is 34.9 Å². The van der Waals surface area contributed by atoms with Gasteiger partial charge in [0, 0.05) is 24.5 Å². The summed E-state index contributed by atoms with van der Waals surface area (Å²) in [5, 5.41) is 13.7. The largest absolute Gasteiger partial charge is 0.387 e. The van der Waals surface area contributed by atoms with Crippen molar-refractivity contribution >= 4 is 11.6 Å². The Kier molecular flexibility index (Phi) is 5.95. The van der Waals surface area contributed by atoms with E-state index < -0.39 is 6.10 Å². The molecule has 1 unspecified atom stereocenters. The van der Waals surface area contributed by atoms with E-state index in [1.165, 1.54) is 0 Å². The number of hydrogen-bond donors (Lipinski definition) is 2. The van der Waals surface area contributed by atoms with Crippen LogP contribution in [0, 0.1) is 11.8 Å². The average Bonchev–Trinajstić information content (AvgIpc) is 2.29. The SMILES string of the molecule is CC#CCCNCC(O)c1ccc(Cl)cc1. The van der Waals surface area contributed by atoms with E-state index in [1.54, 1.807) is 12.1 Å². The Morgan fingerprint density at radius 1 is 1.38 bits per heavy atom. The van der Waals surface area contributed by atoms with Crippen molar-refractivity contribution in [2.24, 2.45) is 0 Å². The maximum Gasteiger partial charge on any atom is 0.0914 e. The van der Waals surface area contributed by atoms with Gasteiger partial charge >= 0.3 is 0 Å². The van der Waals surface area contributed by atoms with Crippen LogP contribution in [0.15, 0.2) is 24.3 Å². The summed E-state index contributed by atoms with van der Waals surface area (Å²) in [4.78, 5) is 0. The molecule has 1 atom stereocenters. The van der Waals surface area contributed by atoms with Crippen LogP contribution in [0.25, 0.3) is 0 Å². The molecule has 0 saturated carbocycles. The molecule has 2 N–H and O–H groups in total. The van der Waals surface area contributed by atoms with Crippen LogP contribution in [0.3, 0.4) is 0 Å². The molecule has 0 amide bonds. The zero-order valence-corrected chi connectivity index (χ0v) is 10.1. The molecule has 1 aromatic carbocycles. The van der Waals surface area contributed by atoms with Crippen LogP contribution in [-0.2, 0) is 0 Å². The third-order valence-electron chi connectivity index (χ3n) is 2.20.